The summed E-state index contributed by atoms with van der Waals surface area (Å²) >= 11 is 0. The molecule has 35 valence electrons. The standard InChI is InChI=1S/C6H4F/c7-6-4-2-1-3-5-6/h1-4H. The highest BCUT2D eigenvalue weighted by Crippen LogP contribution is 1.90. The van der Waals surface area contributed by atoms with Gasteiger partial charge in [0.25, 0.3) is 0 Å². The van der Waals surface area contributed by atoms with Crippen LogP contribution in [0.3, 0.4) is 0 Å². The lowest BCUT2D eigenvalue weighted by atomic mass is 10.4. The summed E-state index contributed by atoms with van der Waals surface area (Å²) in [6.07, 6.45) is 0. The number of hydrogen-bond acceptors (Lipinski definition) is 0. The van der Waals surface area contributed by atoms with Crippen LogP contribution in [0.4, 0.5) is 4.39 Å². The van der Waals surface area contributed by atoms with Crippen LogP contribution in [-0.2, 0) is 0 Å². The van der Waals surface area contributed by atoms with E-state index in [0.717, 1.165) is 0 Å². The molecule has 0 aliphatic rings. The van der Waals surface area contributed by atoms with Gasteiger partial charge in [0.05, 0.1) is 0 Å². The molecule has 0 nitrogen and oxygen atoms in total. The number of rotatable bonds is 0. The highest BCUT2D eigenvalue weighted by atomic mass is 19.1. The Morgan fingerprint density at radius 1 is 1.43 bits per heavy atom. The molecule has 0 bridgehead atoms. The van der Waals surface area contributed by atoms with Crippen LogP contribution in [0.1, 0.15) is 0 Å². The Morgan fingerprint density at radius 3 is 2.57 bits per heavy atom. The van der Waals surface area contributed by atoms with Crippen molar-refractivity contribution in [1.29, 1.82) is 0 Å². The van der Waals surface area contributed by atoms with Gasteiger partial charge in [-0.15, -0.1) is 0 Å². The molecular weight excluding hydrogens is 91.1 g/mol. The smallest absolute Gasteiger partial charge is 0.131 e. The number of benzene rings is 1. The normalized spacial score (nSPS) is 8.71. The van der Waals surface area contributed by atoms with Crippen LogP contribution < -0.4 is 0 Å². The first-order chi connectivity index (χ1) is 3.39. The monoisotopic (exact) mass is 95.0 g/mol. The van der Waals surface area contributed by atoms with Gasteiger partial charge in [0.1, 0.15) is 5.82 Å². The first-order valence-electron chi connectivity index (χ1n) is 2.02. The topological polar surface area (TPSA) is 0 Å². The quantitative estimate of drug-likeness (QED) is 0.459. The Bertz CT molecular complexity index is 134. The van der Waals surface area contributed by atoms with E-state index in [-0.39, 0.29) is 5.82 Å². The summed E-state index contributed by atoms with van der Waals surface area (Å²) in [6.45, 7) is 0. The third-order valence-electron chi connectivity index (χ3n) is 0.671. The molecule has 0 heterocycles. The van der Waals surface area contributed by atoms with Gasteiger partial charge in [-0.1, -0.05) is 18.2 Å². The van der Waals surface area contributed by atoms with Crippen LogP contribution in [0.5, 0.6) is 0 Å². The largest absolute Gasteiger partial charge is 0.206 e. The first kappa shape index (κ1) is 4.31. The predicted octanol–water partition coefficient (Wildman–Crippen LogP) is 1.63. The lowest BCUT2D eigenvalue weighted by molar-refractivity contribution is 0.625. The third-order valence-corrected chi connectivity index (χ3v) is 0.671. The van der Waals surface area contributed by atoms with E-state index in [4.69, 9.17) is 0 Å². The molecule has 0 aliphatic carbocycles. The number of halogens is 1. The zero-order chi connectivity index (χ0) is 5.11. The highest BCUT2D eigenvalue weighted by molar-refractivity contribution is 5.00. The van der Waals surface area contributed by atoms with Gasteiger partial charge in [-0.3, -0.25) is 0 Å². The fraction of sp³-hybridized carbons (Fsp3) is 0. The first-order valence-corrected chi connectivity index (χ1v) is 2.02. The Morgan fingerprint density at radius 2 is 2.29 bits per heavy atom. The van der Waals surface area contributed by atoms with E-state index in [1.54, 1.807) is 12.1 Å². The molecule has 0 aliphatic heterocycles. The lowest BCUT2D eigenvalue weighted by Gasteiger charge is -1.77. The second-order valence-electron chi connectivity index (χ2n) is 1.21. The van der Waals surface area contributed by atoms with Crippen LogP contribution in [0.2, 0.25) is 0 Å². The molecule has 1 radical (unpaired) electrons. The molecule has 1 rings (SSSR count). The average molecular weight is 95.1 g/mol. The van der Waals surface area contributed by atoms with E-state index in [1.807, 2.05) is 0 Å². The SMILES string of the molecule is Fc1[c]cccc1. The van der Waals surface area contributed by atoms with Crippen molar-refractivity contribution in [3.8, 4) is 0 Å². The molecule has 1 aromatic carbocycles. The second-order valence-corrected chi connectivity index (χ2v) is 1.21. The molecular formula is C6H4F. The lowest BCUT2D eigenvalue weighted by Crippen LogP contribution is -1.65. The van der Waals surface area contributed by atoms with Crippen molar-refractivity contribution in [2.45, 2.75) is 0 Å². The summed E-state index contributed by atoms with van der Waals surface area (Å²) in [5, 5.41) is 0. The highest BCUT2D eigenvalue weighted by Gasteiger charge is 1.78. The summed E-state index contributed by atoms with van der Waals surface area (Å²) in [5.74, 6) is -0.303. The second kappa shape index (κ2) is 1.73. The van der Waals surface area contributed by atoms with Gasteiger partial charge in [-0.2, -0.15) is 0 Å². The van der Waals surface area contributed by atoms with E-state index in [1.165, 1.54) is 12.1 Å². The maximum atomic E-state index is 11.9. The molecule has 0 aromatic heterocycles. The van der Waals surface area contributed by atoms with Gasteiger partial charge in [-0.05, 0) is 6.07 Å². The molecule has 0 saturated carbocycles. The van der Waals surface area contributed by atoms with Crippen LogP contribution in [0.25, 0.3) is 0 Å². The summed E-state index contributed by atoms with van der Waals surface area (Å²) < 4.78 is 11.9. The maximum absolute atomic E-state index is 11.9. The van der Waals surface area contributed by atoms with Crippen molar-refractivity contribution < 1.29 is 4.39 Å². The van der Waals surface area contributed by atoms with Gasteiger partial charge in [0, 0.05) is 6.07 Å². The summed E-state index contributed by atoms with van der Waals surface area (Å²) in [4.78, 5) is 0. The van der Waals surface area contributed by atoms with Gasteiger partial charge in [-0.25, -0.2) is 4.39 Å². The maximum Gasteiger partial charge on any atom is 0.131 e. The summed E-state index contributed by atoms with van der Waals surface area (Å²) in [7, 11) is 0. The minimum Gasteiger partial charge on any atom is -0.206 e. The van der Waals surface area contributed by atoms with Crippen LogP contribution in [-0.4, -0.2) is 0 Å². The van der Waals surface area contributed by atoms with Crippen molar-refractivity contribution in [2.24, 2.45) is 0 Å². The molecule has 1 aromatic rings. The molecule has 0 unspecified atom stereocenters. The average Bonchev–Trinajstić information content (AvgIpc) is 1.69. The van der Waals surface area contributed by atoms with E-state index in [2.05, 4.69) is 6.07 Å². The van der Waals surface area contributed by atoms with Crippen LogP contribution in [0.15, 0.2) is 24.3 Å². The zero-order valence-electron chi connectivity index (χ0n) is 3.69. The van der Waals surface area contributed by atoms with Crippen LogP contribution >= 0.6 is 0 Å². The Balaban J connectivity index is 3.02. The Hall–Kier alpha value is -0.850. The van der Waals surface area contributed by atoms with Crippen molar-refractivity contribution >= 4 is 0 Å². The molecule has 0 atom stereocenters. The molecule has 0 fully saturated rings. The Kier molecular flexibility index (Phi) is 1.07. The minimum absolute atomic E-state index is 0.303. The van der Waals surface area contributed by atoms with E-state index in [9.17, 15) is 4.39 Å². The van der Waals surface area contributed by atoms with Gasteiger partial charge in [0.15, 0.2) is 0 Å². The molecule has 1 heteroatoms. The fourth-order valence-electron chi connectivity index (χ4n) is 0.371. The van der Waals surface area contributed by atoms with E-state index < -0.39 is 0 Å². The predicted molar refractivity (Wildman–Crippen MR) is 25.2 cm³/mol. The molecule has 0 spiro atoms. The van der Waals surface area contributed by atoms with Crippen molar-refractivity contribution in [3.05, 3.63) is 36.1 Å². The Labute approximate surface area is 41.6 Å². The van der Waals surface area contributed by atoms with Gasteiger partial charge >= 0.3 is 0 Å². The molecule has 0 N–H and O–H groups in total. The molecule has 0 saturated heterocycles. The fourth-order valence-corrected chi connectivity index (χ4v) is 0.371. The summed E-state index contributed by atoms with van der Waals surface area (Å²) in [6, 6.07) is 8.62. The van der Waals surface area contributed by atoms with Crippen molar-refractivity contribution in [3.63, 3.8) is 0 Å². The van der Waals surface area contributed by atoms with E-state index in [0.29, 0.717) is 0 Å². The van der Waals surface area contributed by atoms with Gasteiger partial charge in [0.2, 0.25) is 0 Å². The molecule has 7 heavy (non-hydrogen) atoms. The van der Waals surface area contributed by atoms with Crippen molar-refractivity contribution in [2.75, 3.05) is 0 Å². The summed E-state index contributed by atoms with van der Waals surface area (Å²) in [5.41, 5.74) is 0. The third kappa shape index (κ3) is 1.000. The van der Waals surface area contributed by atoms with Crippen molar-refractivity contribution in [1.82, 2.24) is 0 Å². The zero-order valence-corrected chi connectivity index (χ0v) is 3.69. The van der Waals surface area contributed by atoms with Crippen LogP contribution in [0, 0.1) is 11.9 Å². The van der Waals surface area contributed by atoms with E-state index >= 15 is 0 Å². The minimum atomic E-state index is -0.303. The molecule has 0 amide bonds. The van der Waals surface area contributed by atoms with Gasteiger partial charge < -0.3 is 0 Å². The number of hydrogen-bond donors (Lipinski definition) is 0.